The van der Waals surface area contributed by atoms with Gasteiger partial charge < -0.3 is 25.3 Å². The van der Waals surface area contributed by atoms with Crippen LogP contribution in [0.25, 0.3) is 0 Å². The van der Waals surface area contributed by atoms with Gasteiger partial charge in [-0.15, -0.1) is 0 Å². The third-order valence-electron chi connectivity index (χ3n) is 4.02. The molecule has 0 saturated heterocycles. The van der Waals surface area contributed by atoms with Crippen LogP contribution in [0.3, 0.4) is 0 Å². The number of carbonyl (C=O) groups excluding carboxylic acids is 2. The van der Waals surface area contributed by atoms with Crippen LogP contribution in [0.1, 0.15) is 51.2 Å². The molecule has 1 aromatic carbocycles. The average molecular weight is 411 g/mol. The van der Waals surface area contributed by atoms with E-state index in [9.17, 15) is 19.7 Å². The molecule has 29 heavy (non-hydrogen) atoms. The summed E-state index contributed by atoms with van der Waals surface area (Å²) < 4.78 is 16.1. The highest BCUT2D eigenvalue weighted by atomic mass is 16.6. The Kier molecular flexibility index (Phi) is 10.5. The molecule has 1 amide bonds. The Balaban J connectivity index is 2.93. The van der Waals surface area contributed by atoms with E-state index in [1.807, 2.05) is 6.92 Å². The van der Waals surface area contributed by atoms with E-state index in [0.29, 0.717) is 25.9 Å². The van der Waals surface area contributed by atoms with Gasteiger partial charge in [0, 0.05) is 19.4 Å². The number of nitro groups is 1. The summed E-state index contributed by atoms with van der Waals surface area (Å²) in [6, 6.07) is 2.67. The van der Waals surface area contributed by atoms with Crippen molar-refractivity contribution in [1.82, 2.24) is 5.32 Å². The number of hydrogen-bond acceptors (Lipinski definition) is 8. The zero-order valence-corrected chi connectivity index (χ0v) is 17.1. The van der Waals surface area contributed by atoms with E-state index in [4.69, 9.17) is 19.9 Å². The number of nitrogens with zero attached hydrogens (tertiary/aromatic N) is 1. The molecule has 0 aliphatic heterocycles. The van der Waals surface area contributed by atoms with Crippen molar-refractivity contribution in [3.8, 4) is 11.5 Å². The minimum absolute atomic E-state index is 0.0883. The highest BCUT2D eigenvalue weighted by Gasteiger charge is 2.26. The first-order chi connectivity index (χ1) is 13.8. The molecule has 0 aliphatic rings. The molecule has 0 aromatic heterocycles. The molecule has 162 valence electrons. The number of benzene rings is 1. The van der Waals surface area contributed by atoms with Crippen LogP contribution >= 0.6 is 0 Å². The number of ether oxygens (including phenoxy) is 3. The van der Waals surface area contributed by atoms with Crippen LogP contribution in [0.2, 0.25) is 0 Å². The number of rotatable bonds is 13. The van der Waals surface area contributed by atoms with E-state index in [1.54, 1.807) is 6.92 Å². The van der Waals surface area contributed by atoms with Crippen LogP contribution in [0.15, 0.2) is 12.1 Å². The Morgan fingerprint density at radius 2 is 1.97 bits per heavy atom. The van der Waals surface area contributed by atoms with Gasteiger partial charge in [0.15, 0.2) is 11.5 Å². The predicted octanol–water partition coefficient (Wildman–Crippen LogP) is 2.24. The van der Waals surface area contributed by atoms with Gasteiger partial charge in [0.1, 0.15) is 6.10 Å². The van der Waals surface area contributed by atoms with Gasteiger partial charge in [-0.25, -0.2) is 0 Å². The maximum Gasteiger partial charge on any atom is 0.306 e. The fraction of sp³-hybridized carbons (Fsp3) is 0.579. The van der Waals surface area contributed by atoms with E-state index in [2.05, 4.69) is 5.32 Å². The summed E-state index contributed by atoms with van der Waals surface area (Å²) in [5.41, 5.74) is 5.32. The quantitative estimate of drug-likeness (QED) is 0.218. The van der Waals surface area contributed by atoms with Crippen molar-refractivity contribution in [1.29, 1.82) is 0 Å². The molecule has 1 rings (SSSR count). The Morgan fingerprint density at radius 3 is 2.55 bits per heavy atom. The summed E-state index contributed by atoms with van der Waals surface area (Å²) in [5, 5.41) is 14.2. The second kappa shape index (κ2) is 12.6. The van der Waals surface area contributed by atoms with Crippen LogP contribution < -0.4 is 20.5 Å². The van der Waals surface area contributed by atoms with E-state index < -0.39 is 17.0 Å². The molecule has 1 unspecified atom stereocenters. The van der Waals surface area contributed by atoms with Crippen molar-refractivity contribution in [3.63, 3.8) is 0 Å². The number of hydrogen-bond donors (Lipinski definition) is 2. The topological polar surface area (TPSA) is 143 Å². The zero-order chi connectivity index (χ0) is 21.8. The molecular formula is C19H29N3O7. The van der Waals surface area contributed by atoms with E-state index in [1.165, 1.54) is 19.2 Å². The zero-order valence-electron chi connectivity index (χ0n) is 17.1. The minimum atomic E-state index is -0.846. The Hall–Kier alpha value is -2.88. The SMILES string of the molecule is CCNC(=O)CCCOc1cc([N+](=O)[O-])c(C(C)OC(=O)CCCN)cc1OC. The monoisotopic (exact) mass is 411 g/mol. The van der Waals surface area contributed by atoms with Crippen molar-refractivity contribution in [2.24, 2.45) is 5.73 Å². The highest BCUT2D eigenvalue weighted by Crippen LogP contribution is 2.38. The Labute approximate surface area is 169 Å². The van der Waals surface area contributed by atoms with Gasteiger partial charge in [0.25, 0.3) is 5.69 Å². The summed E-state index contributed by atoms with van der Waals surface area (Å²) in [6.07, 6.45) is 0.492. The average Bonchev–Trinajstić information content (AvgIpc) is 2.69. The fourth-order valence-electron chi connectivity index (χ4n) is 2.59. The van der Waals surface area contributed by atoms with Gasteiger partial charge in [-0.2, -0.15) is 0 Å². The minimum Gasteiger partial charge on any atom is -0.493 e. The fourth-order valence-corrected chi connectivity index (χ4v) is 2.59. The van der Waals surface area contributed by atoms with Crippen LogP contribution in [0.4, 0.5) is 5.69 Å². The van der Waals surface area contributed by atoms with Crippen LogP contribution in [-0.2, 0) is 14.3 Å². The number of methoxy groups -OCH3 is 1. The summed E-state index contributed by atoms with van der Waals surface area (Å²) >= 11 is 0. The van der Waals surface area contributed by atoms with Crippen molar-refractivity contribution in [2.75, 3.05) is 26.8 Å². The molecule has 0 fully saturated rings. The lowest BCUT2D eigenvalue weighted by Crippen LogP contribution is -2.22. The summed E-state index contributed by atoms with van der Waals surface area (Å²) in [7, 11) is 1.41. The first-order valence-electron chi connectivity index (χ1n) is 9.49. The largest absolute Gasteiger partial charge is 0.493 e. The van der Waals surface area contributed by atoms with Gasteiger partial charge in [0.2, 0.25) is 5.91 Å². The lowest BCUT2D eigenvalue weighted by molar-refractivity contribution is -0.386. The number of nitro benzene ring substituents is 1. The van der Waals surface area contributed by atoms with Gasteiger partial charge in [0.05, 0.1) is 30.3 Å². The maximum absolute atomic E-state index is 11.8. The van der Waals surface area contributed by atoms with E-state index >= 15 is 0 Å². The maximum atomic E-state index is 11.8. The predicted molar refractivity (Wildman–Crippen MR) is 106 cm³/mol. The summed E-state index contributed by atoms with van der Waals surface area (Å²) in [6.45, 7) is 4.47. The third-order valence-corrected chi connectivity index (χ3v) is 4.02. The lowest BCUT2D eigenvalue weighted by Gasteiger charge is -2.17. The van der Waals surface area contributed by atoms with Crippen molar-refractivity contribution in [3.05, 3.63) is 27.8 Å². The summed E-state index contributed by atoms with van der Waals surface area (Å²) in [5.74, 6) is -0.120. The second-order valence-corrected chi connectivity index (χ2v) is 6.25. The van der Waals surface area contributed by atoms with E-state index in [0.717, 1.165) is 0 Å². The van der Waals surface area contributed by atoms with Gasteiger partial charge in [-0.3, -0.25) is 19.7 Å². The van der Waals surface area contributed by atoms with Crippen molar-refractivity contribution >= 4 is 17.6 Å². The number of carbonyl (C=O) groups is 2. The number of nitrogens with one attached hydrogen (secondary N) is 1. The molecule has 0 spiro atoms. The highest BCUT2D eigenvalue weighted by molar-refractivity contribution is 5.75. The smallest absolute Gasteiger partial charge is 0.306 e. The van der Waals surface area contributed by atoms with Crippen LogP contribution in [-0.4, -0.2) is 43.6 Å². The number of nitrogens with two attached hydrogens (primary N) is 1. The standard InChI is InChI=1S/C19H29N3O7/c1-4-21-18(23)7-6-10-28-17-12-15(22(25)26)14(11-16(17)27-3)13(2)29-19(24)8-5-9-20/h11-13H,4-10,20H2,1-3H3,(H,21,23). The van der Waals surface area contributed by atoms with Crippen LogP contribution in [0.5, 0.6) is 11.5 Å². The normalized spacial score (nSPS) is 11.4. The van der Waals surface area contributed by atoms with Gasteiger partial charge in [-0.1, -0.05) is 0 Å². The van der Waals surface area contributed by atoms with Crippen molar-refractivity contribution in [2.45, 2.75) is 45.6 Å². The number of esters is 1. The Bertz CT molecular complexity index is 709. The van der Waals surface area contributed by atoms with E-state index in [-0.39, 0.29) is 48.1 Å². The number of amides is 1. The second-order valence-electron chi connectivity index (χ2n) is 6.25. The molecule has 10 heteroatoms. The third kappa shape index (κ3) is 7.94. The molecular weight excluding hydrogens is 382 g/mol. The molecule has 3 N–H and O–H groups in total. The molecule has 1 aromatic rings. The molecule has 0 radical (unpaired) electrons. The molecule has 1 atom stereocenters. The molecule has 0 bridgehead atoms. The van der Waals surface area contributed by atoms with Gasteiger partial charge >= 0.3 is 5.97 Å². The molecule has 0 saturated carbocycles. The van der Waals surface area contributed by atoms with Gasteiger partial charge in [-0.05, 0) is 39.3 Å². The van der Waals surface area contributed by atoms with Crippen molar-refractivity contribution < 1.29 is 28.7 Å². The Morgan fingerprint density at radius 1 is 1.24 bits per heavy atom. The molecule has 10 nitrogen and oxygen atoms in total. The lowest BCUT2D eigenvalue weighted by atomic mass is 10.1. The first-order valence-corrected chi connectivity index (χ1v) is 9.49. The van der Waals surface area contributed by atoms with Crippen LogP contribution in [0, 0.1) is 10.1 Å². The first kappa shape index (κ1) is 24.2. The molecule has 0 aliphatic carbocycles. The molecule has 0 heterocycles. The summed E-state index contributed by atoms with van der Waals surface area (Å²) in [4.78, 5) is 34.3.